The lowest BCUT2D eigenvalue weighted by molar-refractivity contribution is -0.142. The predicted octanol–water partition coefficient (Wildman–Crippen LogP) is 12.6. The number of aromatic carboxylic acids is 1. The number of nitrogens with one attached hydrogen (secondary N) is 3. The highest BCUT2D eigenvalue weighted by Crippen LogP contribution is 2.61. The number of nitrogens with two attached hydrogens (primary N) is 1. The maximum absolute atomic E-state index is 13.1. The normalized spacial score (nSPS) is 11.3. The fourth-order valence-electron chi connectivity index (χ4n) is 5.42. The Morgan fingerprint density at radius 3 is 1.59 bits per heavy atom. The molecule has 7 aromatic rings. The zero-order valence-corrected chi connectivity index (χ0v) is 42.8. The molecule has 0 saturated heterocycles. The minimum Gasteiger partial charge on any atom is -0.478 e. The van der Waals surface area contributed by atoms with Crippen LogP contribution in [0, 0.1) is 0 Å². The van der Waals surface area contributed by atoms with Crippen LogP contribution in [0.1, 0.15) is 58.6 Å². The minimum atomic E-state index is -4.77. The smallest absolute Gasteiger partial charge is 0.434 e. The van der Waals surface area contributed by atoms with Gasteiger partial charge in [-0.1, -0.05) is 34.8 Å². The van der Waals surface area contributed by atoms with Crippen LogP contribution in [0.5, 0.6) is 0 Å². The fourth-order valence-corrected chi connectivity index (χ4v) is 5.86. The molecule has 0 saturated carbocycles. The molecule has 74 heavy (non-hydrogen) atoms. The molecule has 35 heteroatoms. The molecule has 0 aliphatic heterocycles. The van der Waals surface area contributed by atoms with Crippen LogP contribution in [0.25, 0.3) is 22.6 Å². The third-order valence-corrected chi connectivity index (χ3v) is 8.85. The molecule has 7 rings (SSSR count). The van der Waals surface area contributed by atoms with Crippen LogP contribution in [0.4, 0.5) is 62.5 Å². The zero-order valence-electron chi connectivity index (χ0n) is 37.3. The number of hydrogen-bond donors (Lipinski definition) is 5. The van der Waals surface area contributed by atoms with E-state index in [1.54, 1.807) is 36.6 Å². The summed E-state index contributed by atoms with van der Waals surface area (Å²) in [7, 11) is 0. The molecular formula is C39H33Cl6F9N15O4P. The number of carboxylic acid groups (broad SMARTS) is 1. The highest BCUT2D eigenvalue weighted by Gasteiger charge is 2.39. The van der Waals surface area contributed by atoms with E-state index in [1.807, 2.05) is 6.92 Å². The Bertz CT molecular complexity index is 3080. The van der Waals surface area contributed by atoms with E-state index in [9.17, 15) is 53.7 Å². The summed E-state index contributed by atoms with van der Waals surface area (Å²) in [4.78, 5) is 58.4. The molecule has 7 aromatic heterocycles. The maximum atomic E-state index is 13.1. The Morgan fingerprint density at radius 2 is 1.09 bits per heavy atom. The standard InChI is InChI=1S/C13H11ClF3N5O.C13H9ClF3N5.C7H10ClN3.C6H3F3N2O2.Cl3OP/c1-2-19-11-8(3-4-9(14)22-11)21-12(23)7-5-18-6-20-10(7)13(15,16)17;1-2-22-11(20-8-3-4-9(14)21-12(8)22)7-5-18-6-19-10(7)13(15,16)17;1-2-10-7-5(9)3-4-6(8)11-7;7-6(8,9)4-3(5(12)13)1-10-2-11-4;1-5(2,3)4/h3-6H,2H2,1H3,(H,19,22)(H,21,23);3-6H,2H2,1H3;3-4H,2,9H2,1H3,(H,10,11);1-2H,(H,12,13);. The number of hydrogen-bond acceptors (Lipinski definition) is 16. The summed E-state index contributed by atoms with van der Waals surface area (Å²) in [6.07, 6.45) is -9.37. The number of carbonyl (C=O) groups is 2. The molecule has 0 spiro atoms. The van der Waals surface area contributed by atoms with Crippen molar-refractivity contribution in [3.63, 3.8) is 0 Å². The van der Waals surface area contributed by atoms with Crippen molar-refractivity contribution in [2.75, 3.05) is 34.8 Å². The second kappa shape index (κ2) is 27.4. The van der Waals surface area contributed by atoms with Crippen molar-refractivity contribution in [1.82, 2.24) is 54.4 Å². The van der Waals surface area contributed by atoms with Crippen molar-refractivity contribution in [3.8, 4) is 11.4 Å². The first kappa shape index (κ1) is 62.1. The van der Waals surface area contributed by atoms with Gasteiger partial charge in [-0.2, -0.15) is 39.5 Å². The number of rotatable bonds is 9. The van der Waals surface area contributed by atoms with Gasteiger partial charge in [0.15, 0.2) is 34.4 Å². The lowest BCUT2D eigenvalue weighted by atomic mass is 10.2. The monoisotopic (exact) mass is 1190 g/mol. The SMILES string of the molecule is CCNc1nc(Cl)ccc1N.CCNc1nc(Cl)ccc1NC(=O)c1cncnc1C(F)(F)F.CCn1c(-c2cncnc2C(F)(F)F)nc2ccc(Cl)nc21.O=C(O)c1cncnc1C(F)(F)F.O=P(Cl)(Cl)Cl. The van der Waals surface area contributed by atoms with Crippen LogP contribution >= 0.6 is 73.7 Å². The summed E-state index contributed by atoms with van der Waals surface area (Å²) in [6.45, 7) is 7.20. The van der Waals surface area contributed by atoms with Gasteiger partial charge in [-0.05, 0) is 90.9 Å². The van der Waals surface area contributed by atoms with Gasteiger partial charge in [0.25, 0.3) is 5.91 Å². The van der Waals surface area contributed by atoms with Crippen LogP contribution < -0.4 is 21.7 Å². The van der Waals surface area contributed by atoms with Gasteiger partial charge in [0.2, 0.25) is 0 Å². The fraction of sp³-hybridized carbons (Fsp3) is 0.231. The molecule has 1 amide bonds. The molecule has 0 aromatic carbocycles. The van der Waals surface area contributed by atoms with Gasteiger partial charge in [-0.15, -0.1) is 0 Å². The van der Waals surface area contributed by atoms with E-state index < -0.39 is 63.8 Å². The van der Waals surface area contributed by atoms with Gasteiger partial charge in [0.1, 0.15) is 51.3 Å². The van der Waals surface area contributed by atoms with Gasteiger partial charge in [-0.3, -0.25) is 9.36 Å². The van der Waals surface area contributed by atoms with Gasteiger partial charge in [0.05, 0.1) is 22.5 Å². The minimum absolute atomic E-state index is 0.111. The lowest BCUT2D eigenvalue weighted by Gasteiger charge is -2.13. The third-order valence-electron chi connectivity index (χ3n) is 8.22. The molecular weight excluding hydrogens is 1160 g/mol. The van der Waals surface area contributed by atoms with Crippen molar-refractivity contribution in [1.29, 1.82) is 0 Å². The predicted molar refractivity (Wildman–Crippen MR) is 260 cm³/mol. The average molecular weight is 1190 g/mol. The van der Waals surface area contributed by atoms with Crippen molar-refractivity contribution >= 4 is 120 Å². The Hall–Kier alpha value is -6.16. The van der Waals surface area contributed by atoms with Crippen LogP contribution in [-0.4, -0.2) is 84.5 Å². The van der Waals surface area contributed by atoms with Gasteiger partial charge >= 0.3 is 29.7 Å². The number of aryl methyl sites for hydroxylation is 1. The molecule has 398 valence electrons. The second-order valence-corrected chi connectivity index (χ2v) is 21.1. The molecule has 19 nitrogen and oxygen atoms in total. The number of nitrogens with zero attached hydrogens (tertiary/aromatic N) is 11. The summed E-state index contributed by atoms with van der Waals surface area (Å²) in [5.41, 5.74) is 1.69. The Labute approximate surface area is 440 Å². The van der Waals surface area contributed by atoms with Crippen LogP contribution in [0.3, 0.4) is 0 Å². The number of pyridine rings is 3. The first-order valence-electron chi connectivity index (χ1n) is 19.9. The largest absolute Gasteiger partial charge is 0.478 e. The molecule has 0 aliphatic rings. The molecule has 0 aliphatic carbocycles. The highest BCUT2D eigenvalue weighted by molar-refractivity contribution is 8.24. The Morgan fingerprint density at radius 1 is 0.649 bits per heavy atom. The van der Waals surface area contributed by atoms with Crippen LogP contribution in [0.2, 0.25) is 15.5 Å². The number of fused-ring (bicyclic) bond motifs is 1. The quantitative estimate of drug-likeness (QED) is 0.0511. The van der Waals surface area contributed by atoms with E-state index in [4.69, 9.17) is 45.6 Å². The van der Waals surface area contributed by atoms with E-state index >= 15 is 0 Å². The highest BCUT2D eigenvalue weighted by atomic mass is 36.0. The number of carbonyl (C=O) groups excluding carboxylic acids is 1. The number of carboxylic acids is 1. The Balaban J connectivity index is 0.000000262. The summed E-state index contributed by atoms with van der Waals surface area (Å²) in [5.74, 6) is -1.69. The van der Waals surface area contributed by atoms with E-state index in [0.717, 1.165) is 31.6 Å². The molecule has 6 N–H and O–H groups in total. The number of anilines is 4. The molecule has 0 unspecified atom stereocenters. The number of amides is 1. The second-order valence-electron chi connectivity index (χ2n) is 13.3. The summed E-state index contributed by atoms with van der Waals surface area (Å²) >= 11 is 31.1. The molecule has 0 radical (unpaired) electrons. The van der Waals surface area contributed by atoms with E-state index in [2.05, 4.69) is 99.5 Å². The zero-order chi connectivity index (χ0) is 55.8. The molecule has 0 fully saturated rings. The number of nitrogen functional groups attached to an aromatic ring is 1. The number of halogens is 15. The van der Waals surface area contributed by atoms with Gasteiger partial charge < -0.3 is 31.4 Å². The Kier molecular flexibility index (Phi) is 23.0. The first-order valence-corrected chi connectivity index (χ1v) is 25.4. The summed E-state index contributed by atoms with van der Waals surface area (Å²) in [5, 5.41) is 14.2. The van der Waals surface area contributed by atoms with Gasteiger partial charge in [-0.25, -0.2) is 54.6 Å². The average Bonchev–Trinajstić information content (AvgIpc) is 3.68. The first-order chi connectivity index (χ1) is 34.4. The van der Waals surface area contributed by atoms with E-state index in [1.165, 1.54) is 18.2 Å². The van der Waals surface area contributed by atoms with E-state index in [-0.39, 0.29) is 33.2 Å². The van der Waals surface area contributed by atoms with Crippen LogP contribution in [0.15, 0.2) is 74.0 Å². The third kappa shape index (κ3) is 19.3. The maximum Gasteiger partial charge on any atom is 0.434 e. The molecule has 0 atom stereocenters. The summed E-state index contributed by atoms with van der Waals surface area (Å²) < 4.78 is 125. The van der Waals surface area contributed by atoms with Crippen molar-refractivity contribution in [3.05, 3.63) is 118 Å². The van der Waals surface area contributed by atoms with Crippen molar-refractivity contribution in [2.24, 2.45) is 0 Å². The van der Waals surface area contributed by atoms with Crippen molar-refractivity contribution in [2.45, 2.75) is 45.8 Å². The van der Waals surface area contributed by atoms with Crippen molar-refractivity contribution < 1.29 is 58.8 Å². The van der Waals surface area contributed by atoms with Crippen LogP contribution in [-0.2, 0) is 29.6 Å². The topological polar surface area (TPSA) is 267 Å². The number of aromatic nitrogens is 11. The number of alkyl halides is 9. The van der Waals surface area contributed by atoms with E-state index in [0.29, 0.717) is 53.4 Å². The number of imidazole rings is 1. The lowest BCUT2D eigenvalue weighted by Crippen LogP contribution is -2.21. The molecule has 0 bridgehead atoms. The molecule has 7 heterocycles. The van der Waals surface area contributed by atoms with Gasteiger partial charge in [0, 0.05) is 38.2 Å². The summed E-state index contributed by atoms with van der Waals surface area (Å²) in [6, 6.07) is 9.38.